The Bertz CT molecular complexity index is 4230. The van der Waals surface area contributed by atoms with Crippen LogP contribution in [0.3, 0.4) is 0 Å². The van der Waals surface area contributed by atoms with Gasteiger partial charge in [0.25, 0.3) is 18.1 Å². The van der Waals surface area contributed by atoms with E-state index < -0.39 is 18.2 Å². The molecule has 8 aromatic rings. The van der Waals surface area contributed by atoms with E-state index in [1.165, 1.54) is 94.4 Å². The van der Waals surface area contributed by atoms with Gasteiger partial charge in [-0.15, -0.1) is 0 Å². The third-order valence-electron chi connectivity index (χ3n) is 26.1. The van der Waals surface area contributed by atoms with Gasteiger partial charge in [0.05, 0.1) is 36.3 Å². The average Bonchev–Trinajstić information content (AvgIpc) is 1.70. The monoisotopic (exact) mass is 1630 g/mol. The second kappa shape index (κ2) is 45.2. The van der Waals surface area contributed by atoms with Gasteiger partial charge in [0, 0.05) is 22.3 Å². The molecule has 4 aliphatic rings. The number of aromatic amines is 4. The summed E-state index contributed by atoms with van der Waals surface area (Å²) in [6, 6.07) is 31.0. The van der Waals surface area contributed by atoms with E-state index in [9.17, 15) is 10.2 Å². The maximum absolute atomic E-state index is 9.84. The number of aliphatic hydroxyl groups is 2. The molecule has 0 spiro atoms. The molecule has 4 aliphatic carbocycles. The first kappa shape index (κ1) is 91.1. The number of aromatic nitrogens is 12. The van der Waals surface area contributed by atoms with Crippen molar-refractivity contribution in [3.63, 3.8) is 0 Å². The summed E-state index contributed by atoms with van der Waals surface area (Å²) in [4.78, 5) is 51.5. The highest BCUT2D eigenvalue weighted by molar-refractivity contribution is 9.09. The van der Waals surface area contributed by atoms with Crippen LogP contribution in [0.15, 0.2) is 97.1 Å². The van der Waals surface area contributed by atoms with E-state index >= 15 is 0 Å². The first-order valence-electron chi connectivity index (χ1n) is 42.8. The molecule has 4 fully saturated rings. The van der Waals surface area contributed by atoms with Gasteiger partial charge >= 0.3 is 0 Å². The molecule has 0 radical (unpaired) electrons. The van der Waals surface area contributed by atoms with Crippen molar-refractivity contribution in [3.8, 4) is 45.6 Å². The predicted octanol–water partition coefficient (Wildman–Crippen LogP) is 22.0. The van der Waals surface area contributed by atoms with Crippen LogP contribution in [0.1, 0.15) is 253 Å². The van der Waals surface area contributed by atoms with Crippen LogP contribution in [0.4, 0.5) is 0 Å². The standard InChI is InChI=1S/C26H38N4O2.C25H36N4O2.C22H30N4O2.C20H28BrN3/c1-6-7-15-31-32-17-24(27-5)23(16-22-19(3)9-8-10-20(22)4)26-28-25(29-30-26)21-13-11-18(2)12-14-21;1-7-19-12-17(3)21(18(4)13-19)14-22(23(26-5)15-31-30-6)25-27-24(28-29-25)20-10-8-16(2)9-11-20;1-13-8-10-16(11-9-13)20-24-21(26-25-20)18(19(23-4)22(27)28)12-17-14(2)6-5-7-15(17)3;1-12-5-7-16(8-6-12)19-22-20(24-23-19)18(21)11-17-14(3)9-13(2)10-15(17)4/h11-14,19-20,22-24H,6-10,15-17H2,1-4H3,(H,28,29,30);8-11,17-19,21-23H,7,12-15H2,1-4,6H3,(H,27,28,29);8-11,14-15,17-19,22,27-28H,5-7,12H2,1-3H3,(H,24,25,26);5-8,13-15,17-18H,9-11H2,1-4H3,(H,22,23,24). The second-order valence-corrected chi connectivity index (χ2v) is 36.0. The fourth-order valence-electron chi connectivity index (χ4n) is 19.0. The lowest BCUT2D eigenvalue weighted by Gasteiger charge is -2.40. The van der Waals surface area contributed by atoms with E-state index in [4.69, 9.17) is 54.2 Å². The lowest BCUT2D eigenvalue weighted by Crippen LogP contribution is -2.34. The van der Waals surface area contributed by atoms with E-state index in [0.717, 1.165) is 113 Å². The first-order chi connectivity index (χ1) is 55.3. The van der Waals surface area contributed by atoms with E-state index in [-0.39, 0.29) is 42.0 Å². The summed E-state index contributed by atoms with van der Waals surface area (Å²) in [6.07, 6.45) is 17.8. The first-order valence-corrected chi connectivity index (χ1v) is 43.7. The number of hydrogen-bond acceptors (Lipinski definition) is 14. The number of hydrogen-bond donors (Lipinski definition) is 6. The number of benzene rings is 4. The number of aliphatic hydroxyl groups excluding tert-OH is 1. The number of unbranched alkanes of at least 4 members (excludes halogenated alkanes) is 1. The van der Waals surface area contributed by atoms with Crippen LogP contribution in [-0.2, 0) is 19.6 Å². The molecule has 4 heterocycles. The van der Waals surface area contributed by atoms with Crippen LogP contribution in [0.2, 0.25) is 0 Å². The summed E-state index contributed by atoms with van der Waals surface area (Å²) in [6.45, 7) is 58.1. The molecule has 0 aliphatic heterocycles. The molecular weight excluding hydrogens is 1500 g/mol. The quantitative estimate of drug-likeness (QED) is 0.00611. The van der Waals surface area contributed by atoms with Crippen molar-refractivity contribution in [2.75, 3.05) is 26.9 Å². The Hall–Kier alpha value is -7.85. The lowest BCUT2D eigenvalue weighted by molar-refractivity contribution is -0.296. The zero-order valence-electron chi connectivity index (χ0n) is 71.4. The molecule has 15 atom stereocenters. The van der Waals surface area contributed by atoms with Crippen molar-refractivity contribution >= 4 is 15.9 Å². The largest absolute Gasteiger partial charge is 0.362 e. The zero-order chi connectivity index (χ0) is 82.8. The van der Waals surface area contributed by atoms with Crippen molar-refractivity contribution in [2.24, 2.45) is 82.9 Å². The molecule has 4 aromatic heterocycles. The highest BCUT2D eigenvalue weighted by atomic mass is 79.9. The van der Waals surface area contributed by atoms with Gasteiger partial charge in [-0.2, -0.15) is 20.4 Å². The van der Waals surface area contributed by atoms with Crippen LogP contribution >= 0.6 is 15.9 Å². The van der Waals surface area contributed by atoms with Crippen LogP contribution in [0.5, 0.6) is 0 Å². The van der Waals surface area contributed by atoms with Gasteiger partial charge < -0.3 is 24.7 Å². The Balaban J connectivity index is 0.000000176. The molecular formula is C93H132BrN15O6. The second-order valence-electron chi connectivity index (χ2n) is 34.9. The van der Waals surface area contributed by atoms with E-state index in [1.54, 1.807) is 0 Å². The van der Waals surface area contributed by atoms with Crippen molar-refractivity contribution in [2.45, 2.75) is 260 Å². The fourth-order valence-corrected chi connectivity index (χ4v) is 19.6. The highest BCUT2D eigenvalue weighted by Crippen LogP contribution is 2.48. The minimum absolute atomic E-state index is 0.0676. The Kier molecular flexibility index (Phi) is 35.8. The third-order valence-corrected chi connectivity index (χ3v) is 26.9. The number of nitrogens with one attached hydrogen (secondary N) is 4. The van der Waals surface area contributed by atoms with Crippen molar-refractivity contribution in [1.82, 2.24) is 60.7 Å². The van der Waals surface area contributed by atoms with E-state index in [0.29, 0.717) is 89.6 Å². The normalized spacial score (nSPS) is 25.3. The van der Waals surface area contributed by atoms with Crippen molar-refractivity contribution in [3.05, 3.63) is 177 Å². The summed E-state index contributed by atoms with van der Waals surface area (Å²) < 4.78 is 0. The molecule has 0 bridgehead atoms. The maximum Gasteiger partial charge on any atom is 0.283 e. The van der Waals surface area contributed by atoms with E-state index in [1.807, 2.05) is 55.5 Å². The molecule has 622 valence electrons. The molecule has 6 N–H and O–H groups in total. The zero-order valence-corrected chi connectivity index (χ0v) is 73.0. The molecule has 22 heteroatoms. The van der Waals surface area contributed by atoms with Gasteiger partial charge in [-0.05, 0) is 168 Å². The Morgan fingerprint density at radius 2 is 0.765 bits per heavy atom. The average molecular weight is 1640 g/mol. The summed E-state index contributed by atoms with van der Waals surface area (Å²) in [5.74, 6) is 14.4. The molecule has 21 nitrogen and oxygen atoms in total. The summed E-state index contributed by atoms with van der Waals surface area (Å²) in [7, 11) is 1.48. The SMILES string of the molecule is Cc1ccc(-c2n[nH]c(C(Br)CC3C(C)CC(C)CC3C)n2)cc1.[C-]#[N+]C(C(O)O)C(CC1C(C)CCCC1C)c1nc(-c2ccc(C)cc2)n[nH]1.[C-]#[N+]C(COOC)C(CC1C(C)CC(CC)CC1C)c1nc(-c2ccc(C)cc2)n[nH]1.[C-]#[N+]C(COOCCCC)C(CC1C(C)CCCC1C)c1nc(-c2ccc(C)cc2)n[nH]1. The molecule has 115 heavy (non-hydrogen) atoms. The number of halogens is 1. The highest BCUT2D eigenvalue weighted by Gasteiger charge is 2.44. The maximum atomic E-state index is 9.84. The summed E-state index contributed by atoms with van der Waals surface area (Å²) in [5.41, 5.74) is 8.74. The number of aryl methyl sites for hydroxylation is 4. The number of H-pyrrole nitrogens is 4. The van der Waals surface area contributed by atoms with Crippen molar-refractivity contribution in [1.29, 1.82) is 0 Å². The van der Waals surface area contributed by atoms with Crippen LogP contribution in [0, 0.1) is 130 Å². The lowest BCUT2D eigenvalue weighted by atomic mass is 9.65. The van der Waals surface area contributed by atoms with Crippen LogP contribution in [0.25, 0.3) is 60.1 Å². The Morgan fingerprint density at radius 3 is 1.11 bits per heavy atom. The topological polar surface area (TPSA) is 257 Å². The van der Waals surface area contributed by atoms with Crippen molar-refractivity contribution < 1.29 is 29.8 Å². The number of nitrogens with zero attached hydrogens (tertiary/aromatic N) is 11. The van der Waals surface area contributed by atoms with Gasteiger partial charge in [-0.25, -0.2) is 59.2 Å². The minimum atomic E-state index is -1.70. The van der Waals surface area contributed by atoms with Gasteiger partial charge in [-0.1, -0.05) is 263 Å². The van der Waals surface area contributed by atoms with Crippen LogP contribution in [-0.4, -0.2) is 122 Å². The third kappa shape index (κ3) is 25.8. The van der Waals surface area contributed by atoms with Gasteiger partial charge in [0.1, 0.15) is 23.3 Å². The molecule has 15 unspecified atom stereocenters. The van der Waals surface area contributed by atoms with Gasteiger partial charge in [0.15, 0.2) is 36.5 Å². The Morgan fingerprint density at radius 1 is 0.435 bits per heavy atom. The number of alkyl halides is 1. The summed E-state index contributed by atoms with van der Waals surface area (Å²) >= 11 is 3.86. The number of rotatable bonds is 30. The molecule has 0 amide bonds. The molecule has 4 saturated carbocycles. The van der Waals surface area contributed by atoms with E-state index in [2.05, 4.69) is 222 Å². The molecule has 4 aromatic carbocycles. The Labute approximate surface area is 694 Å². The molecule has 12 rings (SSSR count). The van der Waals surface area contributed by atoms with Gasteiger partial charge in [-0.3, -0.25) is 20.4 Å². The minimum Gasteiger partial charge on any atom is -0.362 e. The smallest absolute Gasteiger partial charge is 0.283 e. The van der Waals surface area contributed by atoms with Gasteiger partial charge in [0.2, 0.25) is 6.29 Å². The predicted molar refractivity (Wildman–Crippen MR) is 460 cm³/mol. The molecule has 0 saturated heterocycles. The summed E-state index contributed by atoms with van der Waals surface area (Å²) in [5, 5.41) is 49.8. The van der Waals surface area contributed by atoms with Crippen LogP contribution < -0.4 is 0 Å². The fraction of sp³-hybridized carbons (Fsp3) is 0.624.